The number of benzene rings is 2. The third-order valence-electron chi connectivity index (χ3n) is 4.32. The zero-order valence-electron chi connectivity index (χ0n) is 12.1. The van der Waals surface area contributed by atoms with Gasteiger partial charge in [0.05, 0.1) is 16.1 Å². The number of hydrogen-bond donors (Lipinski definition) is 1. The summed E-state index contributed by atoms with van der Waals surface area (Å²) in [7, 11) is 0. The van der Waals surface area contributed by atoms with Gasteiger partial charge in [0.2, 0.25) is 0 Å². The summed E-state index contributed by atoms with van der Waals surface area (Å²) in [6, 6.07) is 13.6. The summed E-state index contributed by atoms with van der Waals surface area (Å²) in [5.74, 6) is -0.528. The lowest BCUT2D eigenvalue weighted by atomic mass is 9.87. The summed E-state index contributed by atoms with van der Waals surface area (Å²) >= 11 is 6.09. The van der Waals surface area contributed by atoms with Gasteiger partial charge >= 0.3 is 0 Å². The summed E-state index contributed by atoms with van der Waals surface area (Å²) < 4.78 is 14.2. The minimum Gasteiger partial charge on any atom is -0.342 e. The Morgan fingerprint density at radius 2 is 1.68 bits per heavy atom. The molecule has 0 heterocycles. The monoisotopic (exact) mass is 317 g/mol. The molecule has 0 spiro atoms. The van der Waals surface area contributed by atoms with Crippen LogP contribution in [0.2, 0.25) is 5.02 Å². The zero-order valence-corrected chi connectivity index (χ0v) is 12.9. The van der Waals surface area contributed by atoms with Crippen molar-refractivity contribution in [2.75, 3.05) is 0 Å². The molecule has 114 valence electrons. The Hall–Kier alpha value is -1.87. The van der Waals surface area contributed by atoms with Crippen LogP contribution in [0.25, 0.3) is 0 Å². The Balaban J connectivity index is 1.95. The lowest BCUT2D eigenvalue weighted by Gasteiger charge is -2.31. The number of nitrogens with one attached hydrogen (secondary N) is 1. The van der Waals surface area contributed by atoms with Crippen LogP contribution >= 0.6 is 11.6 Å². The van der Waals surface area contributed by atoms with E-state index in [1.807, 2.05) is 0 Å². The van der Waals surface area contributed by atoms with E-state index < -0.39 is 5.54 Å². The standard InChI is InChI=1S/C18H17ClFNO/c19-15-9-3-1-7-13(15)17(22)21-18(11-5-6-12-18)14-8-2-4-10-16(14)20/h1-4,7-10H,5-6,11-12H2,(H,21,22). The summed E-state index contributed by atoms with van der Waals surface area (Å²) in [5, 5.41) is 3.45. The fraction of sp³-hybridized carbons (Fsp3) is 0.278. The summed E-state index contributed by atoms with van der Waals surface area (Å²) in [6.45, 7) is 0. The van der Waals surface area contributed by atoms with Crippen LogP contribution < -0.4 is 5.32 Å². The molecule has 1 fully saturated rings. The SMILES string of the molecule is O=C(NC1(c2ccccc2F)CCCC1)c1ccccc1Cl. The predicted molar refractivity (Wildman–Crippen MR) is 85.5 cm³/mol. The van der Waals surface area contributed by atoms with Gasteiger partial charge in [-0.15, -0.1) is 0 Å². The lowest BCUT2D eigenvalue weighted by Crippen LogP contribution is -2.44. The third-order valence-corrected chi connectivity index (χ3v) is 4.65. The van der Waals surface area contributed by atoms with Crippen LogP contribution in [0, 0.1) is 5.82 Å². The Morgan fingerprint density at radius 1 is 1.05 bits per heavy atom. The second-order valence-corrected chi connectivity index (χ2v) is 6.11. The molecular weight excluding hydrogens is 301 g/mol. The van der Waals surface area contributed by atoms with E-state index in [1.165, 1.54) is 6.07 Å². The van der Waals surface area contributed by atoms with Gasteiger partial charge < -0.3 is 5.32 Å². The number of carbonyl (C=O) groups excluding carboxylic acids is 1. The Labute approximate surface area is 134 Å². The topological polar surface area (TPSA) is 29.1 Å². The van der Waals surface area contributed by atoms with E-state index in [0.717, 1.165) is 25.7 Å². The maximum absolute atomic E-state index is 14.2. The highest BCUT2D eigenvalue weighted by molar-refractivity contribution is 6.33. The second-order valence-electron chi connectivity index (χ2n) is 5.70. The highest BCUT2D eigenvalue weighted by Crippen LogP contribution is 2.40. The van der Waals surface area contributed by atoms with Crippen LogP contribution in [0.3, 0.4) is 0 Å². The number of carbonyl (C=O) groups is 1. The fourth-order valence-corrected chi connectivity index (χ4v) is 3.44. The molecule has 1 amide bonds. The van der Waals surface area contributed by atoms with Gasteiger partial charge in [0.25, 0.3) is 5.91 Å². The minimum absolute atomic E-state index is 0.254. The van der Waals surface area contributed by atoms with E-state index in [0.29, 0.717) is 16.1 Å². The summed E-state index contributed by atoms with van der Waals surface area (Å²) in [5.41, 5.74) is 0.349. The van der Waals surface area contributed by atoms with Crippen molar-refractivity contribution in [2.24, 2.45) is 0 Å². The Bertz CT molecular complexity index is 695. The normalized spacial score (nSPS) is 16.5. The van der Waals surface area contributed by atoms with Crippen molar-refractivity contribution >= 4 is 17.5 Å². The molecule has 0 atom stereocenters. The largest absolute Gasteiger partial charge is 0.342 e. The summed E-state index contributed by atoms with van der Waals surface area (Å²) in [4.78, 5) is 12.6. The maximum Gasteiger partial charge on any atom is 0.253 e. The molecule has 1 N–H and O–H groups in total. The molecule has 0 unspecified atom stereocenters. The van der Waals surface area contributed by atoms with Crippen LogP contribution in [0.4, 0.5) is 4.39 Å². The van der Waals surface area contributed by atoms with Crippen molar-refractivity contribution < 1.29 is 9.18 Å². The van der Waals surface area contributed by atoms with Crippen molar-refractivity contribution in [3.05, 3.63) is 70.5 Å². The van der Waals surface area contributed by atoms with Crippen molar-refractivity contribution in [2.45, 2.75) is 31.2 Å². The molecule has 2 aromatic carbocycles. The molecule has 3 rings (SSSR count). The van der Waals surface area contributed by atoms with E-state index in [-0.39, 0.29) is 11.7 Å². The highest BCUT2D eigenvalue weighted by atomic mass is 35.5. The molecule has 4 heteroatoms. The molecule has 1 aliphatic carbocycles. The van der Waals surface area contributed by atoms with Gasteiger partial charge in [-0.05, 0) is 31.0 Å². The maximum atomic E-state index is 14.2. The number of halogens is 2. The van der Waals surface area contributed by atoms with Gasteiger partial charge in [0, 0.05) is 5.56 Å². The summed E-state index contributed by atoms with van der Waals surface area (Å²) in [6.07, 6.45) is 3.42. The number of hydrogen-bond acceptors (Lipinski definition) is 1. The first-order valence-electron chi connectivity index (χ1n) is 7.44. The van der Waals surface area contributed by atoms with E-state index >= 15 is 0 Å². The molecule has 0 bridgehead atoms. The van der Waals surface area contributed by atoms with E-state index in [4.69, 9.17) is 11.6 Å². The molecule has 0 aliphatic heterocycles. The minimum atomic E-state index is -0.637. The van der Waals surface area contributed by atoms with Crippen molar-refractivity contribution in [3.8, 4) is 0 Å². The molecule has 2 nitrogen and oxygen atoms in total. The van der Waals surface area contributed by atoms with Gasteiger partial charge in [-0.2, -0.15) is 0 Å². The Morgan fingerprint density at radius 3 is 2.36 bits per heavy atom. The quantitative estimate of drug-likeness (QED) is 0.875. The second kappa shape index (κ2) is 6.09. The number of amides is 1. The van der Waals surface area contributed by atoms with Gasteiger partial charge in [-0.25, -0.2) is 4.39 Å². The average Bonchev–Trinajstić information content (AvgIpc) is 2.97. The molecule has 1 saturated carbocycles. The van der Waals surface area contributed by atoms with Crippen molar-refractivity contribution in [3.63, 3.8) is 0 Å². The van der Waals surface area contributed by atoms with Gasteiger partial charge in [0.1, 0.15) is 5.82 Å². The fourth-order valence-electron chi connectivity index (χ4n) is 3.22. The van der Waals surface area contributed by atoms with Crippen LogP contribution in [0.15, 0.2) is 48.5 Å². The van der Waals surface area contributed by atoms with Crippen molar-refractivity contribution in [1.82, 2.24) is 5.32 Å². The first-order chi connectivity index (χ1) is 10.6. The van der Waals surface area contributed by atoms with Gasteiger partial charge in [-0.1, -0.05) is 54.8 Å². The van der Waals surface area contributed by atoms with E-state index in [9.17, 15) is 9.18 Å². The smallest absolute Gasteiger partial charge is 0.253 e. The van der Waals surface area contributed by atoms with Gasteiger partial charge in [-0.3, -0.25) is 4.79 Å². The average molecular weight is 318 g/mol. The lowest BCUT2D eigenvalue weighted by molar-refractivity contribution is 0.0896. The van der Waals surface area contributed by atoms with E-state index in [1.54, 1.807) is 42.5 Å². The molecule has 0 aromatic heterocycles. The molecular formula is C18H17ClFNO. The van der Waals surface area contributed by atoms with Crippen LogP contribution in [-0.4, -0.2) is 5.91 Å². The van der Waals surface area contributed by atoms with Crippen LogP contribution in [-0.2, 0) is 5.54 Å². The van der Waals surface area contributed by atoms with Crippen LogP contribution in [0.5, 0.6) is 0 Å². The molecule has 0 radical (unpaired) electrons. The van der Waals surface area contributed by atoms with Crippen LogP contribution in [0.1, 0.15) is 41.6 Å². The zero-order chi connectivity index (χ0) is 15.6. The Kier molecular flexibility index (Phi) is 4.16. The first kappa shape index (κ1) is 15.0. The molecule has 2 aromatic rings. The molecule has 0 saturated heterocycles. The first-order valence-corrected chi connectivity index (χ1v) is 7.82. The highest BCUT2D eigenvalue weighted by Gasteiger charge is 2.39. The van der Waals surface area contributed by atoms with E-state index in [2.05, 4.69) is 5.32 Å². The molecule has 22 heavy (non-hydrogen) atoms. The number of rotatable bonds is 3. The molecule has 1 aliphatic rings. The van der Waals surface area contributed by atoms with Gasteiger partial charge in [0.15, 0.2) is 0 Å². The van der Waals surface area contributed by atoms with Crippen molar-refractivity contribution in [1.29, 1.82) is 0 Å². The third kappa shape index (κ3) is 2.73. The predicted octanol–water partition coefficient (Wildman–Crippen LogP) is 4.68.